The highest BCUT2D eigenvalue weighted by molar-refractivity contribution is 5.99. The molecular weight excluding hydrogens is 218 g/mol. The van der Waals surface area contributed by atoms with Gasteiger partial charge in [0.05, 0.1) is 0 Å². The third-order valence-corrected chi connectivity index (χ3v) is 2.06. The van der Waals surface area contributed by atoms with Crippen LogP contribution >= 0.6 is 0 Å². The van der Waals surface area contributed by atoms with E-state index in [1.807, 2.05) is 18.2 Å². The van der Waals surface area contributed by atoms with Crippen LogP contribution in [0.3, 0.4) is 0 Å². The Bertz CT molecular complexity index is 514. The second kappa shape index (κ2) is 4.98. The highest BCUT2D eigenvalue weighted by Gasteiger charge is 2.03. The topological polar surface area (TPSA) is 68.1 Å². The van der Waals surface area contributed by atoms with Crippen LogP contribution in [0.5, 0.6) is 0 Å². The van der Waals surface area contributed by atoms with Crippen LogP contribution in [0.1, 0.15) is 0 Å². The van der Waals surface area contributed by atoms with Crippen molar-refractivity contribution in [2.75, 3.05) is 10.6 Å². The van der Waals surface area contributed by atoms with Gasteiger partial charge in [-0.25, -0.2) is 4.79 Å². The number of anilines is 2. The Morgan fingerprint density at radius 2 is 1.65 bits per heavy atom. The number of carbonyl (C=O) groups excluding carboxylic acids is 1. The number of amides is 2. The first-order valence-electron chi connectivity index (χ1n) is 5.06. The number of aromatic nitrogens is 1. The highest BCUT2D eigenvalue weighted by Crippen LogP contribution is 2.07. The molecule has 5 heteroatoms. The van der Waals surface area contributed by atoms with E-state index in [2.05, 4.69) is 10.6 Å². The maximum absolute atomic E-state index is 11.6. The summed E-state index contributed by atoms with van der Waals surface area (Å²) in [5, 5.41) is 16.2. The lowest BCUT2D eigenvalue weighted by Gasteiger charge is -2.06. The molecule has 0 aliphatic carbocycles. The molecule has 86 valence electrons. The van der Waals surface area contributed by atoms with Crippen molar-refractivity contribution < 1.29 is 9.52 Å². The van der Waals surface area contributed by atoms with Crippen LogP contribution in [0.2, 0.25) is 0 Å². The Morgan fingerprint density at radius 1 is 1.00 bits per heavy atom. The lowest BCUT2D eigenvalue weighted by atomic mass is 10.3. The molecule has 0 radical (unpaired) electrons. The standard InChI is InChI=1S/C12H11N3O2/c16-12(13-10-5-2-1-3-6-10)14-11-7-4-8-15(17)9-11/h1-9H,(H2,13,14,16). The van der Waals surface area contributed by atoms with Crippen LogP contribution in [0.4, 0.5) is 16.2 Å². The third-order valence-electron chi connectivity index (χ3n) is 2.06. The van der Waals surface area contributed by atoms with Gasteiger partial charge in [0.2, 0.25) is 6.20 Å². The molecule has 0 bridgehead atoms. The molecule has 0 fully saturated rings. The van der Waals surface area contributed by atoms with E-state index in [0.717, 1.165) is 0 Å². The Balaban J connectivity index is 1.98. The average Bonchev–Trinajstić information content (AvgIpc) is 2.30. The van der Waals surface area contributed by atoms with Crippen molar-refractivity contribution in [3.05, 3.63) is 60.1 Å². The molecule has 0 spiro atoms. The van der Waals surface area contributed by atoms with Crippen LogP contribution in [0.15, 0.2) is 54.9 Å². The lowest BCUT2D eigenvalue weighted by molar-refractivity contribution is -0.604. The summed E-state index contributed by atoms with van der Waals surface area (Å²) < 4.78 is 0.623. The van der Waals surface area contributed by atoms with Gasteiger partial charge in [-0.1, -0.05) is 18.2 Å². The van der Waals surface area contributed by atoms with Gasteiger partial charge in [0.15, 0.2) is 6.20 Å². The normalized spacial score (nSPS) is 9.65. The highest BCUT2D eigenvalue weighted by atomic mass is 16.5. The number of para-hydroxylation sites is 1. The van der Waals surface area contributed by atoms with Crippen LogP contribution < -0.4 is 15.4 Å². The zero-order valence-electron chi connectivity index (χ0n) is 8.96. The number of pyridine rings is 1. The maximum Gasteiger partial charge on any atom is 0.323 e. The lowest BCUT2D eigenvalue weighted by Crippen LogP contribution is -2.26. The van der Waals surface area contributed by atoms with E-state index in [0.29, 0.717) is 16.1 Å². The molecule has 17 heavy (non-hydrogen) atoms. The predicted molar refractivity (Wildman–Crippen MR) is 64.5 cm³/mol. The number of nitrogens with zero attached hydrogens (tertiary/aromatic N) is 1. The minimum Gasteiger partial charge on any atom is -0.619 e. The maximum atomic E-state index is 11.6. The minimum absolute atomic E-state index is 0.387. The number of urea groups is 1. The number of benzene rings is 1. The largest absolute Gasteiger partial charge is 0.619 e. The zero-order chi connectivity index (χ0) is 12.1. The summed E-state index contributed by atoms with van der Waals surface area (Å²) in [7, 11) is 0. The van der Waals surface area contributed by atoms with E-state index >= 15 is 0 Å². The summed E-state index contributed by atoms with van der Waals surface area (Å²) in [6, 6.07) is 11.9. The van der Waals surface area contributed by atoms with Crippen LogP contribution in [-0.2, 0) is 0 Å². The molecule has 0 aliphatic heterocycles. The van der Waals surface area contributed by atoms with Crippen molar-refractivity contribution >= 4 is 17.4 Å². The van der Waals surface area contributed by atoms with Crippen molar-refractivity contribution in [2.45, 2.75) is 0 Å². The van der Waals surface area contributed by atoms with Gasteiger partial charge in [0.25, 0.3) is 0 Å². The molecule has 2 amide bonds. The van der Waals surface area contributed by atoms with Crippen LogP contribution in [0, 0.1) is 5.21 Å². The van der Waals surface area contributed by atoms with Crippen molar-refractivity contribution in [3.8, 4) is 0 Å². The van der Waals surface area contributed by atoms with Gasteiger partial charge in [0, 0.05) is 11.8 Å². The summed E-state index contributed by atoms with van der Waals surface area (Å²) in [5.41, 5.74) is 1.13. The van der Waals surface area contributed by atoms with Crippen molar-refractivity contribution in [3.63, 3.8) is 0 Å². The molecule has 0 atom stereocenters. The van der Waals surface area contributed by atoms with Gasteiger partial charge in [-0.2, -0.15) is 4.73 Å². The monoisotopic (exact) mass is 229 g/mol. The van der Waals surface area contributed by atoms with E-state index < -0.39 is 0 Å². The second-order valence-corrected chi connectivity index (χ2v) is 3.40. The van der Waals surface area contributed by atoms with E-state index in [4.69, 9.17) is 0 Å². The summed E-state index contributed by atoms with van der Waals surface area (Å²) in [4.78, 5) is 11.6. The predicted octanol–water partition coefficient (Wildman–Crippen LogP) is 1.96. The minimum atomic E-state index is -0.387. The number of rotatable bonds is 2. The number of hydrogen-bond donors (Lipinski definition) is 2. The molecule has 0 saturated carbocycles. The molecule has 2 aromatic rings. The Labute approximate surface area is 98.3 Å². The molecule has 2 rings (SSSR count). The molecule has 0 unspecified atom stereocenters. The van der Waals surface area contributed by atoms with Crippen molar-refractivity contribution in [2.24, 2.45) is 0 Å². The van der Waals surface area contributed by atoms with Gasteiger partial charge in [-0.15, -0.1) is 0 Å². The molecule has 0 saturated heterocycles. The first kappa shape index (κ1) is 10.9. The molecule has 1 aromatic heterocycles. The van der Waals surface area contributed by atoms with E-state index in [-0.39, 0.29) is 6.03 Å². The first-order valence-corrected chi connectivity index (χ1v) is 5.06. The third kappa shape index (κ3) is 3.20. The fourth-order valence-corrected chi connectivity index (χ4v) is 1.34. The number of hydrogen-bond acceptors (Lipinski definition) is 2. The summed E-state index contributed by atoms with van der Waals surface area (Å²) in [5.74, 6) is 0. The van der Waals surface area contributed by atoms with E-state index in [9.17, 15) is 10.0 Å². The molecule has 1 aromatic carbocycles. The Morgan fingerprint density at radius 3 is 2.35 bits per heavy atom. The van der Waals surface area contributed by atoms with E-state index in [1.54, 1.807) is 24.3 Å². The van der Waals surface area contributed by atoms with Crippen molar-refractivity contribution in [1.29, 1.82) is 0 Å². The fourth-order valence-electron chi connectivity index (χ4n) is 1.34. The van der Waals surface area contributed by atoms with Gasteiger partial charge < -0.3 is 15.8 Å². The van der Waals surface area contributed by atoms with Gasteiger partial charge >= 0.3 is 6.03 Å². The van der Waals surface area contributed by atoms with E-state index in [1.165, 1.54) is 12.4 Å². The average molecular weight is 229 g/mol. The van der Waals surface area contributed by atoms with Gasteiger partial charge in [-0.3, -0.25) is 0 Å². The number of nitrogens with one attached hydrogen (secondary N) is 2. The SMILES string of the molecule is O=C(Nc1ccccc1)Nc1ccc[n+]([O-])c1. The van der Waals surface area contributed by atoms with Gasteiger partial charge in [-0.05, 0) is 18.2 Å². The quantitative estimate of drug-likeness (QED) is 0.610. The first-order chi connectivity index (χ1) is 8.24. The summed E-state index contributed by atoms with van der Waals surface area (Å²) in [6.07, 6.45) is 2.63. The molecule has 2 N–H and O–H groups in total. The van der Waals surface area contributed by atoms with Crippen molar-refractivity contribution in [1.82, 2.24) is 0 Å². The second-order valence-electron chi connectivity index (χ2n) is 3.40. The zero-order valence-corrected chi connectivity index (χ0v) is 8.96. The summed E-state index contributed by atoms with van der Waals surface area (Å²) >= 11 is 0. The molecule has 1 heterocycles. The van der Waals surface area contributed by atoms with Crippen LogP contribution in [-0.4, -0.2) is 6.03 Å². The molecular formula is C12H11N3O2. The van der Waals surface area contributed by atoms with Crippen LogP contribution in [0.25, 0.3) is 0 Å². The number of carbonyl (C=O) groups is 1. The Hall–Kier alpha value is -2.56. The van der Waals surface area contributed by atoms with Gasteiger partial charge in [0.1, 0.15) is 5.69 Å². The summed E-state index contributed by atoms with van der Waals surface area (Å²) in [6.45, 7) is 0. The Kier molecular flexibility index (Phi) is 3.20. The smallest absolute Gasteiger partial charge is 0.323 e. The fraction of sp³-hybridized carbons (Fsp3) is 0. The molecule has 0 aliphatic rings. The molecule has 5 nitrogen and oxygen atoms in total.